The van der Waals surface area contributed by atoms with Gasteiger partial charge >= 0.3 is 5.97 Å². The van der Waals surface area contributed by atoms with Crippen LogP contribution in [0.4, 0.5) is 11.5 Å². The van der Waals surface area contributed by atoms with E-state index in [1.165, 1.54) is 0 Å². The number of carbonyl (C=O) groups is 1. The van der Waals surface area contributed by atoms with Crippen molar-refractivity contribution in [3.8, 4) is 0 Å². The molecule has 0 bridgehead atoms. The molecule has 0 fully saturated rings. The average Bonchev–Trinajstić information content (AvgIpc) is 2.45. The molecule has 1 aromatic heterocycles. The van der Waals surface area contributed by atoms with Crippen LogP contribution in [-0.2, 0) is 6.42 Å². The Morgan fingerprint density at radius 2 is 2.10 bits per heavy atom. The molecule has 5 nitrogen and oxygen atoms in total. The maximum atomic E-state index is 11.0. The second-order valence-electron chi connectivity index (χ2n) is 4.93. The Balaban J connectivity index is 2.20. The molecule has 0 spiro atoms. The molecule has 5 heteroatoms. The largest absolute Gasteiger partial charge is 0.478 e. The zero-order valence-corrected chi connectivity index (χ0v) is 12.3. The number of benzene rings is 1. The summed E-state index contributed by atoms with van der Waals surface area (Å²) in [5.41, 5.74) is 1.85. The topological polar surface area (TPSA) is 75.1 Å². The van der Waals surface area contributed by atoms with Gasteiger partial charge < -0.3 is 10.4 Å². The van der Waals surface area contributed by atoms with Gasteiger partial charge in [0.15, 0.2) is 0 Å². The molecule has 0 aliphatic carbocycles. The van der Waals surface area contributed by atoms with Crippen LogP contribution >= 0.6 is 0 Å². The number of hydrogen-bond donors (Lipinski definition) is 2. The van der Waals surface area contributed by atoms with Gasteiger partial charge in [-0.15, -0.1) is 0 Å². The molecular formula is C16H19N3O2. The highest BCUT2D eigenvalue weighted by atomic mass is 16.4. The molecule has 0 saturated carbocycles. The molecule has 110 valence electrons. The van der Waals surface area contributed by atoms with E-state index < -0.39 is 5.97 Å². The van der Waals surface area contributed by atoms with Crippen LogP contribution in [-0.4, -0.2) is 21.0 Å². The fourth-order valence-electron chi connectivity index (χ4n) is 2.02. The summed E-state index contributed by atoms with van der Waals surface area (Å²) in [6, 6.07) is 8.52. The van der Waals surface area contributed by atoms with Crippen LogP contribution in [0.25, 0.3) is 0 Å². The summed E-state index contributed by atoms with van der Waals surface area (Å²) in [6.45, 7) is 4.06. The van der Waals surface area contributed by atoms with Gasteiger partial charge in [-0.1, -0.05) is 19.4 Å². The van der Waals surface area contributed by atoms with E-state index in [2.05, 4.69) is 22.2 Å². The molecule has 0 atom stereocenters. The van der Waals surface area contributed by atoms with Crippen LogP contribution in [0.3, 0.4) is 0 Å². The smallest absolute Gasteiger partial charge is 0.335 e. The first kappa shape index (κ1) is 15.0. The first-order chi connectivity index (χ1) is 10.1. The highest BCUT2D eigenvalue weighted by molar-refractivity contribution is 5.89. The van der Waals surface area contributed by atoms with Gasteiger partial charge in [0.25, 0.3) is 0 Å². The van der Waals surface area contributed by atoms with Crippen molar-refractivity contribution >= 4 is 17.5 Å². The summed E-state index contributed by atoms with van der Waals surface area (Å²) in [4.78, 5) is 19.9. The van der Waals surface area contributed by atoms with Crippen LogP contribution in [0.15, 0.2) is 30.3 Å². The van der Waals surface area contributed by atoms with Gasteiger partial charge in [0.1, 0.15) is 11.6 Å². The Morgan fingerprint density at radius 1 is 1.29 bits per heavy atom. The van der Waals surface area contributed by atoms with E-state index in [0.29, 0.717) is 11.5 Å². The molecule has 1 heterocycles. The normalized spacial score (nSPS) is 10.4. The van der Waals surface area contributed by atoms with Crippen LogP contribution < -0.4 is 5.32 Å². The molecule has 0 unspecified atom stereocenters. The van der Waals surface area contributed by atoms with Crippen molar-refractivity contribution in [1.29, 1.82) is 0 Å². The summed E-state index contributed by atoms with van der Waals surface area (Å²) < 4.78 is 0. The minimum Gasteiger partial charge on any atom is -0.478 e. The minimum absolute atomic E-state index is 0.247. The number of nitrogens with one attached hydrogen (secondary N) is 1. The van der Waals surface area contributed by atoms with Gasteiger partial charge in [0.05, 0.1) is 5.56 Å². The molecule has 1 aromatic carbocycles. The molecule has 2 N–H and O–H groups in total. The van der Waals surface area contributed by atoms with Crippen LogP contribution in [0.5, 0.6) is 0 Å². The quantitative estimate of drug-likeness (QED) is 0.848. The first-order valence-corrected chi connectivity index (χ1v) is 7.03. The fraction of sp³-hybridized carbons (Fsp3) is 0.312. The summed E-state index contributed by atoms with van der Waals surface area (Å²) in [6.07, 6.45) is 3.00. The second kappa shape index (κ2) is 6.83. The average molecular weight is 285 g/mol. The molecule has 2 rings (SSSR count). The lowest BCUT2D eigenvalue weighted by molar-refractivity contribution is 0.0697. The summed E-state index contributed by atoms with van der Waals surface area (Å²) in [7, 11) is 0. The second-order valence-corrected chi connectivity index (χ2v) is 4.93. The predicted molar refractivity (Wildman–Crippen MR) is 82.1 cm³/mol. The Bertz CT molecular complexity index is 641. The zero-order chi connectivity index (χ0) is 15.2. The van der Waals surface area contributed by atoms with E-state index in [0.717, 1.165) is 30.8 Å². The number of aromatic nitrogens is 2. The summed E-state index contributed by atoms with van der Waals surface area (Å²) >= 11 is 0. The number of rotatable bonds is 6. The number of carboxylic acids is 1. The molecule has 0 saturated heterocycles. The van der Waals surface area contributed by atoms with Gasteiger partial charge in [0.2, 0.25) is 0 Å². The minimum atomic E-state index is -0.943. The van der Waals surface area contributed by atoms with Crippen molar-refractivity contribution in [1.82, 2.24) is 9.97 Å². The van der Waals surface area contributed by atoms with Crippen molar-refractivity contribution in [2.75, 3.05) is 5.32 Å². The van der Waals surface area contributed by atoms with E-state index in [1.807, 2.05) is 19.1 Å². The van der Waals surface area contributed by atoms with Gasteiger partial charge in [-0.3, -0.25) is 0 Å². The van der Waals surface area contributed by atoms with E-state index in [9.17, 15) is 4.79 Å². The highest BCUT2D eigenvalue weighted by Crippen LogP contribution is 2.17. The van der Waals surface area contributed by atoms with E-state index in [1.54, 1.807) is 18.2 Å². The number of nitrogens with zero attached hydrogens (tertiary/aromatic N) is 2. The number of hydrogen-bond acceptors (Lipinski definition) is 4. The highest BCUT2D eigenvalue weighted by Gasteiger charge is 2.06. The number of aromatic carboxylic acids is 1. The van der Waals surface area contributed by atoms with Gasteiger partial charge in [0, 0.05) is 23.9 Å². The van der Waals surface area contributed by atoms with Crippen molar-refractivity contribution in [3.05, 3.63) is 47.4 Å². The molecule has 0 aliphatic heterocycles. The number of aryl methyl sites for hydroxylation is 2. The molecule has 0 radical (unpaired) electrons. The van der Waals surface area contributed by atoms with E-state index in [-0.39, 0.29) is 5.56 Å². The van der Waals surface area contributed by atoms with Crippen molar-refractivity contribution in [2.45, 2.75) is 33.1 Å². The molecular weight excluding hydrogens is 266 g/mol. The molecule has 0 aliphatic rings. The van der Waals surface area contributed by atoms with Crippen LogP contribution in [0.1, 0.15) is 41.6 Å². The van der Waals surface area contributed by atoms with E-state index >= 15 is 0 Å². The Labute approximate surface area is 124 Å². The Morgan fingerprint density at radius 3 is 2.81 bits per heavy atom. The maximum absolute atomic E-state index is 11.0. The lowest BCUT2D eigenvalue weighted by atomic mass is 10.2. The number of anilines is 2. The third-order valence-electron chi connectivity index (χ3n) is 3.04. The standard InChI is InChI=1S/C16H19N3O2/c1-3-4-8-14-17-11(2)9-15(19-14)18-13-7-5-6-12(10-13)16(20)21/h5-7,9-10H,3-4,8H2,1-2H3,(H,20,21)(H,17,18,19). The molecule has 0 amide bonds. The van der Waals surface area contributed by atoms with Crippen molar-refractivity contribution in [3.63, 3.8) is 0 Å². The van der Waals surface area contributed by atoms with Gasteiger partial charge in [-0.2, -0.15) is 0 Å². The van der Waals surface area contributed by atoms with Crippen LogP contribution in [0.2, 0.25) is 0 Å². The monoisotopic (exact) mass is 285 g/mol. The van der Waals surface area contributed by atoms with Crippen LogP contribution in [0, 0.1) is 6.92 Å². The third kappa shape index (κ3) is 4.27. The van der Waals surface area contributed by atoms with E-state index in [4.69, 9.17) is 5.11 Å². The summed E-state index contributed by atoms with van der Waals surface area (Å²) in [5.74, 6) is 0.561. The summed E-state index contributed by atoms with van der Waals surface area (Å²) in [5, 5.41) is 12.1. The Hall–Kier alpha value is -2.43. The lowest BCUT2D eigenvalue weighted by Gasteiger charge is -2.09. The van der Waals surface area contributed by atoms with Crippen molar-refractivity contribution < 1.29 is 9.90 Å². The Kier molecular flexibility index (Phi) is 4.87. The SMILES string of the molecule is CCCCc1nc(C)cc(Nc2cccc(C(=O)O)c2)n1. The first-order valence-electron chi connectivity index (χ1n) is 7.03. The number of carboxylic acid groups (broad SMARTS) is 1. The maximum Gasteiger partial charge on any atom is 0.335 e. The van der Waals surface area contributed by atoms with Gasteiger partial charge in [-0.05, 0) is 31.5 Å². The lowest BCUT2D eigenvalue weighted by Crippen LogP contribution is -2.03. The zero-order valence-electron chi connectivity index (χ0n) is 12.3. The van der Waals surface area contributed by atoms with Gasteiger partial charge in [-0.25, -0.2) is 14.8 Å². The molecule has 2 aromatic rings. The number of unbranched alkanes of at least 4 members (excludes halogenated alkanes) is 1. The van der Waals surface area contributed by atoms with Crippen molar-refractivity contribution in [2.24, 2.45) is 0 Å². The predicted octanol–water partition coefficient (Wildman–Crippen LogP) is 3.57. The molecule has 21 heavy (non-hydrogen) atoms. The third-order valence-corrected chi connectivity index (χ3v) is 3.04. The fourth-order valence-corrected chi connectivity index (χ4v) is 2.02.